The number of carbonyl (C=O) groups excluding carboxylic acids is 2. The number of carbonyl (C=O) groups is 2. The van der Waals surface area contributed by atoms with Crippen LogP contribution in [0.15, 0.2) is 12.2 Å². The van der Waals surface area contributed by atoms with E-state index in [9.17, 15) is 76.0 Å². The van der Waals surface area contributed by atoms with Gasteiger partial charge in [-0.05, 0) is 19.3 Å². The number of ether oxygens (including phenoxy) is 8. The van der Waals surface area contributed by atoms with Crippen molar-refractivity contribution < 1.29 is 114 Å². The van der Waals surface area contributed by atoms with Gasteiger partial charge in [0.15, 0.2) is 25.2 Å². The number of unbranched alkanes of at least 4 members (excludes halogenated alkanes) is 32. The molecule has 2 amide bonds. The first kappa shape index (κ1) is 84.3. The van der Waals surface area contributed by atoms with Crippen molar-refractivity contribution in [2.75, 3.05) is 33.0 Å². The van der Waals surface area contributed by atoms with Crippen LogP contribution in [0.5, 0.6) is 0 Å². The summed E-state index contributed by atoms with van der Waals surface area (Å²) in [6, 6.07) is -2.53. The van der Waals surface area contributed by atoms with Gasteiger partial charge in [-0.15, -0.1) is 0 Å². The van der Waals surface area contributed by atoms with E-state index >= 15 is 0 Å². The standard InChI is InChI=1S/C69H128N2O23/c1-4-6-8-10-12-14-16-18-19-20-21-22-23-24-25-26-28-30-32-34-36-38-40-53(78)71-47(48(77)39-37-35-33-31-29-27-17-15-13-11-9-7-5-2)45-87-67-60(84)58(82)63(51(43-74)90-67)92-68-61(85)59(83)64(52(44-75)91-68)93-69-62(86)65(56(80)50(42-73)89-69)94-66-54(70-46(3)76)57(81)55(79)49(41-72)88-66/h37,39,47-52,54-69,72-75,77,79-86H,4-36,38,40-45H2,1-3H3,(H,70,76)(H,71,78)/t47-,48+,49+,50+,51+,52+,54+,55-,56-,57+,58+,59+,60?,61+,62+,63+,64-,65-,66-,67+,68-,69+/m0/s1. The van der Waals surface area contributed by atoms with Crippen LogP contribution in [0, 0.1) is 0 Å². The number of nitrogens with one attached hydrogen (secondary N) is 2. The van der Waals surface area contributed by atoms with E-state index in [0.717, 1.165) is 45.4 Å². The number of hydrogen-bond acceptors (Lipinski definition) is 23. The number of hydrogen-bond donors (Lipinski definition) is 15. The minimum absolute atomic E-state index is 0.219. The second-order valence-corrected chi connectivity index (χ2v) is 26.8. The lowest BCUT2D eigenvalue weighted by Gasteiger charge is -2.49. The summed E-state index contributed by atoms with van der Waals surface area (Å²) >= 11 is 0. The maximum Gasteiger partial charge on any atom is 0.220 e. The predicted molar refractivity (Wildman–Crippen MR) is 349 cm³/mol. The molecule has 1 unspecified atom stereocenters. The monoisotopic (exact) mass is 1350 g/mol. The van der Waals surface area contributed by atoms with E-state index in [2.05, 4.69) is 24.5 Å². The predicted octanol–water partition coefficient (Wildman–Crippen LogP) is 4.51. The van der Waals surface area contributed by atoms with Gasteiger partial charge in [-0.3, -0.25) is 9.59 Å². The maximum absolute atomic E-state index is 13.5. The van der Waals surface area contributed by atoms with Gasteiger partial charge >= 0.3 is 0 Å². The first-order valence-electron chi connectivity index (χ1n) is 36.4. The van der Waals surface area contributed by atoms with Crippen molar-refractivity contribution in [3.8, 4) is 0 Å². The Kier molecular flexibility index (Phi) is 44.3. The quantitative estimate of drug-likeness (QED) is 0.0294. The molecule has 4 fully saturated rings. The zero-order valence-electron chi connectivity index (χ0n) is 57.0. The molecular weight excluding hydrogens is 1220 g/mol. The highest BCUT2D eigenvalue weighted by Gasteiger charge is 2.56. The van der Waals surface area contributed by atoms with Crippen LogP contribution in [0.2, 0.25) is 0 Å². The molecule has 0 aromatic heterocycles. The average molecular weight is 1350 g/mol. The Morgan fingerprint density at radius 3 is 1.21 bits per heavy atom. The van der Waals surface area contributed by atoms with E-state index in [1.54, 1.807) is 6.08 Å². The Labute approximate surface area is 559 Å². The SMILES string of the molecule is CCCCCCCCCCCCCC=C[C@@H](O)[C@H](CO[C@@H]1O[C@H](CO)[C@@H](O[C@@H]2O[C@H](CO)[C@H](O[C@H]3O[C@H](CO)[C@H](O)[C@H](O[C@@H]4O[C@H](CO)[C@H](O)[C@H](O)[C@H]4NC(C)=O)[C@H]3O)[C@H](O)[C@H]2O)[C@H](O)C1O)NC(=O)CCCCCCCCCCCCCCCCCCCCCCCC. The number of amides is 2. The molecule has 25 heteroatoms. The Bertz CT molecular complexity index is 1950. The molecule has 552 valence electrons. The van der Waals surface area contributed by atoms with E-state index < -0.39 is 174 Å². The lowest BCUT2D eigenvalue weighted by molar-refractivity contribution is -0.386. The van der Waals surface area contributed by atoms with Gasteiger partial charge in [0.2, 0.25) is 11.8 Å². The van der Waals surface area contributed by atoms with Gasteiger partial charge < -0.3 is 115 Å². The van der Waals surface area contributed by atoms with Gasteiger partial charge in [-0.1, -0.05) is 225 Å². The van der Waals surface area contributed by atoms with Crippen molar-refractivity contribution >= 4 is 11.8 Å². The van der Waals surface area contributed by atoms with Gasteiger partial charge in [-0.25, -0.2) is 0 Å². The number of aliphatic hydroxyl groups excluding tert-OH is 13. The maximum atomic E-state index is 13.5. The van der Waals surface area contributed by atoms with Crippen LogP contribution < -0.4 is 10.6 Å². The lowest BCUT2D eigenvalue weighted by Crippen LogP contribution is -2.69. The molecule has 0 saturated carbocycles. The molecule has 15 N–H and O–H groups in total. The Morgan fingerprint density at radius 2 is 0.777 bits per heavy atom. The van der Waals surface area contributed by atoms with Crippen molar-refractivity contribution in [2.24, 2.45) is 0 Å². The molecule has 25 nitrogen and oxygen atoms in total. The highest BCUT2D eigenvalue weighted by atomic mass is 16.8. The Balaban J connectivity index is 1.28. The third kappa shape index (κ3) is 30.0. The second kappa shape index (κ2) is 49.4. The summed E-state index contributed by atoms with van der Waals surface area (Å²) in [6.07, 6.45) is 9.89. The molecule has 94 heavy (non-hydrogen) atoms. The summed E-state index contributed by atoms with van der Waals surface area (Å²) in [6.45, 7) is 1.65. The fourth-order valence-electron chi connectivity index (χ4n) is 13.0. The molecule has 0 bridgehead atoms. The lowest BCUT2D eigenvalue weighted by atomic mass is 9.95. The van der Waals surface area contributed by atoms with Gasteiger partial charge in [0, 0.05) is 13.3 Å². The van der Waals surface area contributed by atoms with Crippen molar-refractivity contribution in [2.45, 2.75) is 380 Å². The molecule has 0 aliphatic carbocycles. The largest absolute Gasteiger partial charge is 0.394 e. The zero-order chi connectivity index (χ0) is 68.6. The molecule has 0 aromatic carbocycles. The summed E-state index contributed by atoms with van der Waals surface area (Å²) in [5.74, 6) is -0.999. The fraction of sp³-hybridized carbons (Fsp3) is 0.942. The van der Waals surface area contributed by atoms with Gasteiger partial charge in [-0.2, -0.15) is 0 Å². The normalized spacial score (nSPS) is 32.2. The van der Waals surface area contributed by atoms with E-state index in [1.807, 2.05) is 6.08 Å². The van der Waals surface area contributed by atoms with Crippen LogP contribution in [0.3, 0.4) is 0 Å². The fourth-order valence-corrected chi connectivity index (χ4v) is 13.0. The summed E-state index contributed by atoms with van der Waals surface area (Å²) in [5, 5.41) is 148. The summed E-state index contributed by atoms with van der Waals surface area (Å²) < 4.78 is 46.5. The molecular formula is C69H128N2O23. The first-order valence-corrected chi connectivity index (χ1v) is 36.4. The first-order chi connectivity index (χ1) is 45.5. The highest BCUT2D eigenvalue weighted by molar-refractivity contribution is 5.76. The topological polar surface area (TPSA) is 395 Å². The molecule has 4 aliphatic heterocycles. The van der Waals surface area contributed by atoms with Gasteiger partial charge in [0.05, 0.1) is 45.2 Å². The van der Waals surface area contributed by atoms with Crippen LogP contribution in [0.4, 0.5) is 0 Å². The van der Waals surface area contributed by atoms with Crippen molar-refractivity contribution in [3.63, 3.8) is 0 Å². The van der Waals surface area contributed by atoms with E-state index in [1.165, 1.54) is 167 Å². The smallest absolute Gasteiger partial charge is 0.220 e. The highest BCUT2D eigenvalue weighted by Crippen LogP contribution is 2.35. The zero-order valence-corrected chi connectivity index (χ0v) is 57.0. The van der Waals surface area contributed by atoms with Crippen LogP contribution in [-0.2, 0) is 47.5 Å². The molecule has 0 aromatic rings. The number of aliphatic hydroxyl groups is 13. The van der Waals surface area contributed by atoms with E-state index in [4.69, 9.17) is 37.9 Å². The third-order valence-corrected chi connectivity index (χ3v) is 18.9. The summed E-state index contributed by atoms with van der Waals surface area (Å²) in [7, 11) is 0. The number of rotatable bonds is 52. The van der Waals surface area contributed by atoms with Gasteiger partial charge in [0.1, 0.15) is 97.6 Å². The molecule has 4 aliphatic rings. The molecule has 4 rings (SSSR count). The third-order valence-electron chi connectivity index (χ3n) is 18.9. The molecule has 0 spiro atoms. The summed E-state index contributed by atoms with van der Waals surface area (Å²) in [4.78, 5) is 25.5. The van der Waals surface area contributed by atoms with Crippen LogP contribution in [0.1, 0.15) is 245 Å². The molecule has 22 atom stereocenters. The van der Waals surface area contributed by atoms with Crippen LogP contribution in [-0.4, -0.2) is 246 Å². The minimum Gasteiger partial charge on any atom is -0.394 e. The van der Waals surface area contributed by atoms with Crippen molar-refractivity contribution in [3.05, 3.63) is 12.2 Å². The summed E-state index contributed by atoms with van der Waals surface area (Å²) in [5.41, 5.74) is 0. The van der Waals surface area contributed by atoms with E-state index in [-0.39, 0.29) is 12.3 Å². The second-order valence-electron chi connectivity index (χ2n) is 26.8. The number of allylic oxidation sites excluding steroid dienone is 1. The van der Waals surface area contributed by atoms with Crippen LogP contribution >= 0.6 is 0 Å². The Morgan fingerprint density at radius 1 is 0.415 bits per heavy atom. The average Bonchev–Trinajstić information content (AvgIpc) is 0.782. The Hall–Kier alpha value is -2.16. The minimum atomic E-state index is -2.10. The van der Waals surface area contributed by atoms with Crippen molar-refractivity contribution in [1.82, 2.24) is 10.6 Å². The van der Waals surface area contributed by atoms with E-state index in [0.29, 0.717) is 12.8 Å². The van der Waals surface area contributed by atoms with Crippen molar-refractivity contribution in [1.29, 1.82) is 0 Å². The van der Waals surface area contributed by atoms with Crippen LogP contribution in [0.25, 0.3) is 0 Å². The molecule has 4 heterocycles. The van der Waals surface area contributed by atoms with Gasteiger partial charge in [0.25, 0.3) is 0 Å². The molecule has 0 radical (unpaired) electrons. The molecule has 4 saturated heterocycles.